The van der Waals surface area contributed by atoms with Gasteiger partial charge in [-0.15, -0.1) is 0 Å². The maximum absolute atomic E-state index is 12.4. The summed E-state index contributed by atoms with van der Waals surface area (Å²) in [6.07, 6.45) is 0.941. The molecule has 120 valence electrons. The highest BCUT2D eigenvalue weighted by Crippen LogP contribution is 2.34. The van der Waals surface area contributed by atoms with Crippen LogP contribution in [0.3, 0.4) is 0 Å². The van der Waals surface area contributed by atoms with E-state index in [2.05, 4.69) is 5.32 Å². The van der Waals surface area contributed by atoms with Gasteiger partial charge in [0.2, 0.25) is 5.91 Å². The maximum Gasteiger partial charge on any atom is 0.268 e. The summed E-state index contributed by atoms with van der Waals surface area (Å²) in [5.41, 5.74) is 1.62. The summed E-state index contributed by atoms with van der Waals surface area (Å²) in [6.45, 7) is 3.85. The number of carbonyl (C=O) groups is 2. The second-order valence-corrected chi connectivity index (χ2v) is 5.51. The van der Waals surface area contributed by atoms with Gasteiger partial charge in [0.25, 0.3) is 5.91 Å². The molecule has 0 spiro atoms. The standard InChI is InChI=1S/C17H18N2O4/c1-11-5-6-15-14(8-11)19(17(21)12(2)23-15)10-16(20)18-9-13-4-3-7-22-13/h3-8,12H,9-10H2,1-2H3,(H,18,20)/t12-/m1/s1. The summed E-state index contributed by atoms with van der Waals surface area (Å²) in [6, 6.07) is 9.12. The van der Waals surface area contributed by atoms with E-state index >= 15 is 0 Å². The van der Waals surface area contributed by atoms with Crippen LogP contribution in [0.15, 0.2) is 41.0 Å². The fourth-order valence-electron chi connectivity index (χ4n) is 2.48. The Bertz CT molecular complexity index is 724. The minimum absolute atomic E-state index is 0.0519. The Morgan fingerprint density at radius 1 is 1.35 bits per heavy atom. The predicted octanol–water partition coefficient (Wildman–Crippen LogP) is 2.02. The Labute approximate surface area is 134 Å². The number of aryl methyl sites for hydroxylation is 1. The van der Waals surface area contributed by atoms with Gasteiger partial charge in [0.05, 0.1) is 18.5 Å². The van der Waals surface area contributed by atoms with Gasteiger partial charge >= 0.3 is 0 Å². The second-order valence-electron chi connectivity index (χ2n) is 5.51. The Hall–Kier alpha value is -2.76. The number of nitrogens with one attached hydrogen (secondary N) is 1. The van der Waals surface area contributed by atoms with E-state index in [0.29, 0.717) is 23.7 Å². The molecule has 0 unspecified atom stereocenters. The lowest BCUT2D eigenvalue weighted by Crippen LogP contribution is -2.48. The minimum atomic E-state index is -0.608. The number of carbonyl (C=O) groups excluding carboxylic acids is 2. The molecule has 2 heterocycles. The lowest BCUT2D eigenvalue weighted by molar-refractivity contribution is -0.128. The molecular formula is C17H18N2O4. The van der Waals surface area contributed by atoms with Gasteiger partial charge < -0.3 is 14.5 Å². The fourth-order valence-corrected chi connectivity index (χ4v) is 2.48. The quantitative estimate of drug-likeness (QED) is 0.937. The molecule has 6 nitrogen and oxygen atoms in total. The second kappa shape index (κ2) is 6.16. The Balaban J connectivity index is 1.74. The molecule has 1 aromatic heterocycles. The number of hydrogen-bond acceptors (Lipinski definition) is 4. The highest BCUT2D eigenvalue weighted by molar-refractivity contribution is 6.03. The number of rotatable bonds is 4. The van der Waals surface area contributed by atoms with Crippen molar-refractivity contribution < 1.29 is 18.7 Å². The average molecular weight is 314 g/mol. The Kier molecular flexibility index (Phi) is 4.06. The van der Waals surface area contributed by atoms with Crippen molar-refractivity contribution >= 4 is 17.5 Å². The molecule has 0 aliphatic carbocycles. The molecule has 0 saturated heterocycles. The Morgan fingerprint density at radius 3 is 2.91 bits per heavy atom. The highest BCUT2D eigenvalue weighted by Gasteiger charge is 2.32. The van der Waals surface area contributed by atoms with Gasteiger partial charge in [0, 0.05) is 0 Å². The van der Waals surface area contributed by atoms with Crippen molar-refractivity contribution in [3.8, 4) is 5.75 Å². The number of ether oxygens (including phenoxy) is 1. The highest BCUT2D eigenvalue weighted by atomic mass is 16.5. The predicted molar refractivity (Wildman–Crippen MR) is 84.2 cm³/mol. The van der Waals surface area contributed by atoms with E-state index in [4.69, 9.17) is 9.15 Å². The third kappa shape index (κ3) is 3.21. The molecule has 2 amide bonds. The van der Waals surface area contributed by atoms with Crippen LogP contribution in [0, 0.1) is 6.92 Å². The van der Waals surface area contributed by atoms with Gasteiger partial charge in [-0.05, 0) is 43.7 Å². The van der Waals surface area contributed by atoms with Gasteiger partial charge in [-0.25, -0.2) is 0 Å². The van der Waals surface area contributed by atoms with Crippen molar-refractivity contribution in [2.75, 3.05) is 11.4 Å². The summed E-state index contributed by atoms with van der Waals surface area (Å²) in [4.78, 5) is 26.0. The largest absolute Gasteiger partial charge is 0.479 e. The molecule has 1 N–H and O–H groups in total. The molecule has 1 aromatic carbocycles. The number of benzene rings is 1. The van der Waals surface area contributed by atoms with Crippen LogP contribution in [0.25, 0.3) is 0 Å². The van der Waals surface area contributed by atoms with Crippen LogP contribution in [0.1, 0.15) is 18.2 Å². The summed E-state index contributed by atoms with van der Waals surface area (Å²) in [5.74, 6) is 0.797. The molecule has 0 radical (unpaired) electrons. The smallest absolute Gasteiger partial charge is 0.268 e. The van der Waals surface area contributed by atoms with E-state index < -0.39 is 6.10 Å². The summed E-state index contributed by atoms with van der Waals surface area (Å²) >= 11 is 0. The third-order valence-electron chi connectivity index (χ3n) is 3.66. The SMILES string of the molecule is Cc1ccc2c(c1)N(CC(=O)NCc1ccco1)C(=O)[C@@H](C)O2. The molecule has 23 heavy (non-hydrogen) atoms. The van der Waals surface area contributed by atoms with E-state index in [-0.39, 0.29) is 18.4 Å². The van der Waals surface area contributed by atoms with Crippen molar-refractivity contribution in [3.05, 3.63) is 47.9 Å². The Morgan fingerprint density at radius 2 is 2.17 bits per heavy atom. The van der Waals surface area contributed by atoms with Gasteiger partial charge in [-0.3, -0.25) is 14.5 Å². The molecule has 1 aliphatic rings. The van der Waals surface area contributed by atoms with Crippen molar-refractivity contribution in [1.82, 2.24) is 5.32 Å². The first-order valence-electron chi connectivity index (χ1n) is 7.42. The third-order valence-corrected chi connectivity index (χ3v) is 3.66. The average Bonchev–Trinajstić information content (AvgIpc) is 3.04. The molecule has 1 aliphatic heterocycles. The lowest BCUT2D eigenvalue weighted by Gasteiger charge is -2.32. The van der Waals surface area contributed by atoms with Crippen molar-refractivity contribution in [3.63, 3.8) is 0 Å². The topological polar surface area (TPSA) is 71.8 Å². The lowest BCUT2D eigenvalue weighted by atomic mass is 10.1. The molecule has 3 rings (SSSR count). The monoisotopic (exact) mass is 314 g/mol. The first kappa shape index (κ1) is 15.1. The van der Waals surface area contributed by atoms with E-state index in [0.717, 1.165) is 5.56 Å². The van der Waals surface area contributed by atoms with E-state index in [1.54, 1.807) is 25.3 Å². The van der Waals surface area contributed by atoms with E-state index in [9.17, 15) is 9.59 Å². The molecule has 0 saturated carbocycles. The molecule has 0 bridgehead atoms. The van der Waals surface area contributed by atoms with Crippen LogP contribution in [0.2, 0.25) is 0 Å². The van der Waals surface area contributed by atoms with Crippen LogP contribution in [0.5, 0.6) is 5.75 Å². The number of furan rings is 1. The van der Waals surface area contributed by atoms with Crippen molar-refractivity contribution in [1.29, 1.82) is 0 Å². The number of anilines is 1. The van der Waals surface area contributed by atoms with E-state index in [1.807, 2.05) is 25.1 Å². The summed E-state index contributed by atoms with van der Waals surface area (Å²) in [7, 11) is 0. The minimum Gasteiger partial charge on any atom is -0.479 e. The molecule has 1 atom stereocenters. The van der Waals surface area contributed by atoms with Crippen molar-refractivity contribution in [2.45, 2.75) is 26.5 Å². The zero-order valence-corrected chi connectivity index (χ0v) is 13.0. The van der Waals surface area contributed by atoms with Crippen LogP contribution in [-0.2, 0) is 16.1 Å². The van der Waals surface area contributed by atoms with Crippen molar-refractivity contribution in [2.24, 2.45) is 0 Å². The fraction of sp³-hybridized carbons (Fsp3) is 0.294. The van der Waals surface area contributed by atoms with Crippen LogP contribution in [0.4, 0.5) is 5.69 Å². The number of hydrogen-bond donors (Lipinski definition) is 1. The summed E-state index contributed by atoms with van der Waals surface area (Å²) in [5, 5.41) is 2.75. The van der Waals surface area contributed by atoms with Gasteiger partial charge in [0.1, 0.15) is 18.1 Å². The first-order chi connectivity index (χ1) is 11.0. The van der Waals surface area contributed by atoms with Crippen LogP contribution in [-0.4, -0.2) is 24.5 Å². The first-order valence-corrected chi connectivity index (χ1v) is 7.42. The van der Waals surface area contributed by atoms with Gasteiger partial charge in [0.15, 0.2) is 6.10 Å². The molecule has 6 heteroatoms. The molecule has 0 fully saturated rings. The molecular weight excluding hydrogens is 296 g/mol. The van der Waals surface area contributed by atoms with Gasteiger partial charge in [-0.1, -0.05) is 6.07 Å². The van der Waals surface area contributed by atoms with E-state index in [1.165, 1.54) is 4.90 Å². The van der Waals surface area contributed by atoms with Crippen LogP contribution >= 0.6 is 0 Å². The molecule has 2 aromatic rings. The number of nitrogens with zero attached hydrogens (tertiary/aromatic N) is 1. The maximum atomic E-state index is 12.4. The van der Waals surface area contributed by atoms with Gasteiger partial charge in [-0.2, -0.15) is 0 Å². The number of fused-ring (bicyclic) bond motifs is 1. The zero-order valence-electron chi connectivity index (χ0n) is 13.0. The number of amides is 2. The summed E-state index contributed by atoms with van der Waals surface area (Å²) < 4.78 is 10.8. The van der Waals surface area contributed by atoms with Crippen LogP contribution < -0.4 is 15.0 Å². The zero-order chi connectivity index (χ0) is 16.4. The normalized spacial score (nSPS) is 16.7.